The molecule has 8 N–H and O–H groups in total. The van der Waals surface area contributed by atoms with Crippen LogP contribution in [-0.4, -0.2) is 119 Å². The lowest BCUT2D eigenvalue weighted by Crippen LogP contribution is -2.44. The molecule has 3 rings (SSSR count). The highest BCUT2D eigenvalue weighted by molar-refractivity contribution is 5.85. The number of fused-ring (bicyclic) bond motifs is 4. The molecule has 0 aromatic carbocycles. The largest absolute Gasteiger partial charge is 0.388 e. The molecule has 0 spiro atoms. The Kier molecular flexibility index (Phi) is 7.97. The predicted octanol–water partition coefficient (Wildman–Crippen LogP) is -5.78. The standard InChI is InChI=1S/C18H28N4O10/c23-11-1-7-15(27)17(29)9(31-7)3-19-14(26)6-22-12(24)2-8-16(28)18(30)10(32-8)4-20-13(25)5-21-11/h7-10,15-18,27-30H,1-6H2,(H,19,26)(H,20,25)(H,21,23)(H,22,24)/t7-,8-,9+,10+,15-,16-,17+,18+/m0/s1. The summed E-state index contributed by atoms with van der Waals surface area (Å²) in [4.78, 5) is 48.1. The second-order valence-electron chi connectivity index (χ2n) is 7.96. The summed E-state index contributed by atoms with van der Waals surface area (Å²) in [6.07, 6.45) is -10.1. The minimum Gasteiger partial charge on any atom is -0.388 e. The van der Waals surface area contributed by atoms with Crippen LogP contribution in [0.15, 0.2) is 0 Å². The number of carbonyl (C=O) groups is 4. The number of aliphatic hydroxyl groups excluding tert-OH is 4. The zero-order valence-electron chi connectivity index (χ0n) is 17.1. The highest BCUT2D eigenvalue weighted by Gasteiger charge is 2.44. The Labute approximate surface area is 182 Å². The van der Waals surface area contributed by atoms with E-state index in [1.807, 2.05) is 0 Å². The summed E-state index contributed by atoms with van der Waals surface area (Å²) in [6, 6.07) is 0. The fourth-order valence-corrected chi connectivity index (χ4v) is 3.75. The number of hydrogen-bond acceptors (Lipinski definition) is 10. The summed E-state index contributed by atoms with van der Waals surface area (Å²) >= 11 is 0. The molecule has 3 heterocycles. The molecule has 3 fully saturated rings. The highest BCUT2D eigenvalue weighted by Crippen LogP contribution is 2.24. The first-order valence-corrected chi connectivity index (χ1v) is 10.3. The first-order chi connectivity index (χ1) is 15.2. The summed E-state index contributed by atoms with van der Waals surface area (Å²) in [5, 5.41) is 50.0. The quantitative estimate of drug-likeness (QED) is 0.171. The van der Waals surface area contributed by atoms with Gasteiger partial charge in [0, 0.05) is 13.1 Å². The van der Waals surface area contributed by atoms with E-state index in [-0.39, 0.29) is 25.9 Å². The molecule has 4 bridgehead atoms. The Hall–Kier alpha value is -2.36. The van der Waals surface area contributed by atoms with Crippen LogP contribution in [0.5, 0.6) is 0 Å². The molecule has 180 valence electrons. The molecule has 0 aromatic rings. The van der Waals surface area contributed by atoms with Crippen molar-refractivity contribution in [2.45, 2.75) is 61.7 Å². The maximum Gasteiger partial charge on any atom is 0.239 e. The van der Waals surface area contributed by atoms with Gasteiger partial charge in [-0.3, -0.25) is 19.2 Å². The fourth-order valence-electron chi connectivity index (χ4n) is 3.75. The average Bonchev–Trinajstić information content (AvgIpc) is 3.17. The zero-order valence-corrected chi connectivity index (χ0v) is 17.1. The van der Waals surface area contributed by atoms with Gasteiger partial charge in [-0.1, -0.05) is 0 Å². The van der Waals surface area contributed by atoms with E-state index >= 15 is 0 Å². The minimum absolute atomic E-state index is 0.175. The van der Waals surface area contributed by atoms with Crippen LogP contribution >= 0.6 is 0 Å². The van der Waals surface area contributed by atoms with Crippen LogP contribution in [0.3, 0.4) is 0 Å². The van der Waals surface area contributed by atoms with Crippen molar-refractivity contribution in [3.8, 4) is 0 Å². The summed E-state index contributed by atoms with van der Waals surface area (Å²) in [5.41, 5.74) is 0. The normalized spacial score (nSPS) is 40.1. The molecule has 0 aromatic heterocycles. The molecule has 0 unspecified atom stereocenters. The molecule has 14 heteroatoms. The van der Waals surface area contributed by atoms with Crippen molar-refractivity contribution in [3.05, 3.63) is 0 Å². The first kappa shape index (κ1) is 24.3. The molecular formula is C18H28N4O10. The van der Waals surface area contributed by atoms with Gasteiger partial charge in [-0.05, 0) is 0 Å². The van der Waals surface area contributed by atoms with Gasteiger partial charge < -0.3 is 51.2 Å². The summed E-state index contributed by atoms with van der Waals surface area (Å²) in [7, 11) is 0. The summed E-state index contributed by atoms with van der Waals surface area (Å²) < 4.78 is 10.9. The van der Waals surface area contributed by atoms with Gasteiger partial charge in [0.15, 0.2) is 0 Å². The molecule has 0 saturated carbocycles. The number of nitrogens with one attached hydrogen (secondary N) is 4. The van der Waals surface area contributed by atoms with E-state index in [0.29, 0.717) is 0 Å². The molecule has 0 aliphatic carbocycles. The van der Waals surface area contributed by atoms with E-state index in [1.165, 1.54) is 0 Å². The lowest BCUT2D eigenvalue weighted by Gasteiger charge is -2.17. The molecule has 8 atom stereocenters. The van der Waals surface area contributed by atoms with Gasteiger partial charge in [-0.2, -0.15) is 0 Å². The average molecular weight is 460 g/mol. The lowest BCUT2D eigenvalue weighted by atomic mass is 10.1. The third-order valence-electron chi connectivity index (χ3n) is 5.59. The monoisotopic (exact) mass is 460 g/mol. The Balaban J connectivity index is 1.65. The summed E-state index contributed by atoms with van der Waals surface area (Å²) in [5.74, 6) is -2.39. The third kappa shape index (κ3) is 5.90. The number of rotatable bonds is 0. The second-order valence-corrected chi connectivity index (χ2v) is 7.96. The van der Waals surface area contributed by atoms with Gasteiger partial charge in [-0.15, -0.1) is 0 Å². The van der Waals surface area contributed by atoms with Crippen molar-refractivity contribution in [1.29, 1.82) is 0 Å². The Morgan fingerprint density at radius 3 is 1.25 bits per heavy atom. The third-order valence-corrected chi connectivity index (χ3v) is 5.59. The van der Waals surface area contributed by atoms with E-state index in [2.05, 4.69) is 21.3 Å². The van der Waals surface area contributed by atoms with E-state index in [9.17, 15) is 39.6 Å². The predicted molar refractivity (Wildman–Crippen MR) is 103 cm³/mol. The minimum atomic E-state index is -1.37. The van der Waals surface area contributed by atoms with E-state index in [0.717, 1.165) is 0 Å². The number of carbonyl (C=O) groups excluding carboxylic acids is 4. The number of amides is 4. The lowest BCUT2D eigenvalue weighted by molar-refractivity contribution is -0.130. The molecule has 3 aliphatic heterocycles. The van der Waals surface area contributed by atoms with Crippen LogP contribution in [0, 0.1) is 0 Å². The van der Waals surface area contributed by atoms with Crippen LogP contribution in [0.25, 0.3) is 0 Å². The Morgan fingerprint density at radius 2 is 0.875 bits per heavy atom. The topological polar surface area (TPSA) is 216 Å². The molecule has 4 amide bonds. The first-order valence-electron chi connectivity index (χ1n) is 10.3. The van der Waals surface area contributed by atoms with Crippen molar-refractivity contribution in [2.75, 3.05) is 26.2 Å². The fraction of sp³-hybridized carbons (Fsp3) is 0.778. The maximum absolute atomic E-state index is 12.1. The van der Waals surface area contributed by atoms with E-state index in [1.54, 1.807) is 0 Å². The Morgan fingerprint density at radius 1 is 0.531 bits per heavy atom. The highest BCUT2D eigenvalue weighted by atomic mass is 16.5. The van der Waals surface area contributed by atoms with Crippen LogP contribution in [0.2, 0.25) is 0 Å². The van der Waals surface area contributed by atoms with Crippen LogP contribution in [0.4, 0.5) is 0 Å². The van der Waals surface area contributed by atoms with Crippen molar-refractivity contribution >= 4 is 23.6 Å². The maximum atomic E-state index is 12.1. The van der Waals surface area contributed by atoms with E-state index in [4.69, 9.17) is 9.47 Å². The van der Waals surface area contributed by atoms with Gasteiger partial charge in [0.05, 0.1) is 38.1 Å². The second kappa shape index (κ2) is 10.5. The Bertz CT molecular complexity index is 677. The molecule has 32 heavy (non-hydrogen) atoms. The molecule has 14 nitrogen and oxygen atoms in total. The van der Waals surface area contributed by atoms with Gasteiger partial charge in [0.1, 0.15) is 36.6 Å². The molecule has 3 saturated heterocycles. The zero-order chi connectivity index (χ0) is 23.4. The number of ether oxygens (including phenoxy) is 2. The SMILES string of the molecule is O=C1CNC(=O)C[C@@H]2O[C@H](CNC(=O)CNC(=O)C[C@@H]3O[C@H](CN1)[C@@H](O)[C@H]3O)[C@@H](O)[C@H]2O. The van der Waals surface area contributed by atoms with Crippen LogP contribution in [0.1, 0.15) is 12.8 Å². The van der Waals surface area contributed by atoms with Crippen molar-refractivity contribution in [2.24, 2.45) is 0 Å². The number of aliphatic hydroxyl groups is 4. The smallest absolute Gasteiger partial charge is 0.239 e. The van der Waals surface area contributed by atoms with Crippen molar-refractivity contribution in [1.82, 2.24) is 21.3 Å². The van der Waals surface area contributed by atoms with Crippen molar-refractivity contribution < 1.29 is 49.1 Å². The van der Waals surface area contributed by atoms with Gasteiger partial charge in [0.25, 0.3) is 0 Å². The summed E-state index contributed by atoms with van der Waals surface area (Å²) in [6.45, 7) is -1.15. The van der Waals surface area contributed by atoms with Gasteiger partial charge in [-0.25, -0.2) is 0 Å². The van der Waals surface area contributed by atoms with Gasteiger partial charge >= 0.3 is 0 Å². The van der Waals surface area contributed by atoms with Crippen LogP contribution in [-0.2, 0) is 28.7 Å². The molecule has 3 aliphatic rings. The van der Waals surface area contributed by atoms with Crippen molar-refractivity contribution in [3.63, 3.8) is 0 Å². The molecular weight excluding hydrogens is 432 g/mol. The van der Waals surface area contributed by atoms with Crippen LogP contribution < -0.4 is 21.3 Å². The molecule has 0 radical (unpaired) electrons. The van der Waals surface area contributed by atoms with Gasteiger partial charge in [0.2, 0.25) is 23.6 Å². The number of hydrogen-bond donors (Lipinski definition) is 8. The van der Waals surface area contributed by atoms with E-state index < -0.39 is 85.5 Å².